The summed E-state index contributed by atoms with van der Waals surface area (Å²) in [7, 11) is 0. The molecule has 2 aromatic rings. The van der Waals surface area contributed by atoms with Crippen LogP contribution in [0.15, 0.2) is 10.9 Å². The van der Waals surface area contributed by atoms with Crippen molar-refractivity contribution in [2.75, 3.05) is 18.5 Å². The van der Waals surface area contributed by atoms with Gasteiger partial charge in [-0.25, -0.2) is 9.59 Å². The summed E-state index contributed by atoms with van der Waals surface area (Å²) in [6.07, 6.45) is 0. The van der Waals surface area contributed by atoms with E-state index >= 15 is 0 Å². The van der Waals surface area contributed by atoms with Gasteiger partial charge < -0.3 is 19.8 Å². The van der Waals surface area contributed by atoms with Crippen molar-refractivity contribution in [2.45, 2.75) is 20.8 Å². The Labute approximate surface area is 140 Å². The normalized spacial score (nSPS) is 10.5. The minimum Gasteiger partial charge on any atom is -0.462 e. The molecule has 1 amide bonds. The summed E-state index contributed by atoms with van der Waals surface area (Å²) in [5, 5.41) is 2.86. The Balaban J connectivity index is 2.57. The smallest absolute Gasteiger partial charge is 0.397 e. The highest BCUT2D eigenvalue weighted by Gasteiger charge is 2.25. The van der Waals surface area contributed by atoms with E-state index in [1.54, 1.807) is 20.8 Å². The molecule has 0 radical (unpaired) electrons. The average molecular weight is 352 g/mol. The van der Waals surface area contributed by atoms with Crippen LogP contribution in [-0.2, 0) is 19.1 Å². The van der Waals surface area contributed by atoms with Gasteiger partial charge in [-0.05, 0) is 26.3 Å². The van der Waals surface area contributed by atoms with Crippen LogP contribution in [0.1, 0.15) is 29.1 Å². The first-order valence-electron chi connectivity index (χ1n) is 7.20. The predicted octanol–water partition coefficient (Wildman–Crippen LogP) is 1.58. The maximum Gasteiger partial charge on any atom is 0.397 e. The molecule has 0 aliphatic rings. The number of fused-ring (bicyclic) bond motifs is 1. The Bertz CT molecular complexity index is 867. The van der Waals surface area contributed by atoms with E-state index in [2.05, 4.69) is 15.0 Å². The number of aromatic nitrogens is 1. The van der Waals surface area contributed by atoms with Gasteiger partial charge in [0.1, 0.15) is 9.71 Å². The quantitative estimate of drug-likeness (QED) is 0.638. The highest BCUT2D eigenvalue weighted by molar-refractivity contribution is 7.21. The molecule has 0 fully saturated rings. The van der Waals surface area contributed by atoms with Crippen LogP contribution in [0.5, 0.6) is 0 Å². The van der Waals surface area contributed by atoms with E-state index < -0.39 is 17.8 Å². The number of aromatic amines is 1. The van der Waals surface area contributed by atoms with Crippen molar-refractivity contribution in [1.82, 2.24) is 4.98 Å². The Kier molecular flexibility index (Phi) is 5.35. The lowest BCUT2D eigenvalue weighted by Gasteiger charge is -2.07. The van der Waals surface area contributed by atoms with Gasteiger partial charge in [-0.3, -0.25) is 9.59 Å². The number of H-pyrrole nitrogens is 1. The van der Waals surface area contributed by atoms with Crippen LogP contribution in [0.25, 0.3) is 10.2 Å². The molecule has 0 saturated heterocycles. The molecule has 9 heteroatoms. The zero-order valence-corrected chi connectivity index (χ0v) is 14.2. The fourth-order valence-electron chi connectivity index (χ4n) is 2.13. The lowest BCUT2D eigenvalue weighted by Crippen LogP contribution is -2.25. The van der Waals surface area contributed by atoms with Gasteiger partial charge >= 0.3 is 17.8 Å². The Morgan fingerprint density at radius 3 is 2.50 bits per heavy atom. The summed E-state index contributed by atoms with van der Waals surface area (Å²) in [5.41, 5.74) is 0.347. The largest absolute Gasteiger partial charge is 0.462 e. The van der Waals surface area contributed by atoms with Gasteiger partial charge in [0.15, 0.2) is 0 Å². The third-order valence-electron chi connectivity index (χ3n) is 3.05. The Hall–Kier alpha value is -2.68. The standard InChI is InChI=1S/C15H16N2O6S/c1-4-22-14(20)11-10(17-12(19)15(21)23-5-2)9-7(3)6-8(18)16-13(9)24-11/h6H,4-5H2,1-3H3,(H,16,18)(H,17,19). The molecule has 2 rings (SSSR count). The number of pyridine rings is 1. The van der Waals surface area contributed by atoms with Gasteiger partial charge in [0.25, 0.3) is 0 Å². The lowest BCUT2D eigenvalue weighted by molar-refractivity contribution is -0.152. The third kappa shape index (κ3) is 3.46. The third-order valence-corrected chi connectivity index (χ3v) is 4.13. The second-order valence-corrected chi connectivity index (χ2v) is 5.74. The maximum atomic E-state index is 12.1. The van der Waals surface area contributed by atoms with Crippen molar-refractivity contribution in [3.05, 3.63) is 26.9 Å². The summed E-state index contributed by atoms with van der Waals surface area (Å²) >= 11 is 0.970. The molecule has 0 aromatic carbocycles. The van der Waals surface area contributed by atoms with Gasteiger partial charge in [-0.1, -0.05) is 0 Å². The second-order valence-electron chi connectivity index (χ2n) is 4.72. The highest BCUT2D eigenvalue weighted by atomic mass is 32.1. The zero-order chi connectivity index (χ0) is 17.9. The summed E-state index contributed by atoms with van der Waals surface area (Å²) in [4.78, 5) is 50.3. The Morgan fingerprint density at radius 1 is 1.21 bits per heavy atom. The van der Waals surface area contributed by atoms with E-state index in [0.29, 0.717) is 15.8 Å². The minimum atomic E-state index is -1.06. The Morgan fingerprint density at radius 2 is 1.88 bits per heavy atom. The van der Waals surface area contributed by atoms with Crippen molar-refractivity contribution in [1.29, 1.82) is 0 Å². The summed E-state index contributed by atoms with van der Waals surface area (Å²) in [6.45, 7) is 5.08. The van der Waals surface area contributed by atoms with Crippen molar-refractivity contribution >= 4 is 45.1 Å². The summed E-state index contributed by atoms with van der Waals surface area (Å²) < 4.78 is 9.61. The first-order valence-corrected chi connectivity index (χ1v) is 8.02. The number of nitrogens with one attached hydrogen (secondary N) is 2. The van der Waals surface area contributed by atoms with E-state index in [1.807, 2.05) is 0 Å². The molecule has 0 atom stereocenters. The summed E-state index contributed by atoms with van der Waals surface area (Å²) in [5.74, 6) is -2.72. The average Bonchev–Trinajstić information content (AvgIpc) is 2.86. The molecule has 2 aromatic heterocycles. The van der Waals surface area contributed by atoms with E-state index in [1.165, 1.54) is 6.07 Å². The molecular weight excluding hydrogens is 336 g/mol. The van der Waals surface area contributed by atoms with E-state index in [0.717, 1.165) is 11.3 Å². The number of amides is 1. The molecule has 0 spiro atoms. The molecule has 0 saturated carbocycles. The molecule has 0 aliphatic heterocycles. The molecule has 8 nitrogen and oxygen atoms in total. The van der Waals surface area contributed by atoms with E-state index in [4.69, 9.17) is 4.74 Å². The fourth-order valence-corrected chi connectivity index (χ4v) is 3.25. The SMILES string of the molecule is CCOC(=O)C(=O)Nc1c(C(=O)OCC)sc2[nH]c(=O)cc(C)c12. The van der Waals surface area contributed by atoms with Gasteiger partial charge in [0.2, 0.25) is 5.56 Å². The molecule has 2 N–H and O–H groups in total. The van der Waals surface area contributed by atoms with Crippen LogP contribution < -0.4 is 10.9 Å². The molecular formula is C15H16N2O6S. The van der Waals surface area contributed by atoms with Crippen LogP contribution in [0.3, 0.4) is 0 Å². The van der Waals surface area contributed by atoms with Crippen LogP contribution in [-0.4, -0.2) is 36.0 Å². The van der Waals surface area contributed by atoms with Crippen LogP contribution >= 0.6 is 11.3 Å². The van der Waals surface area contributed by atoms with Crippen molar-refractivity contribution in [3.63, 3.8) is 0 Å². The topological polar surface area (TPSA) is 115 Å². The number of hydrogen-bond donors (Lipinski definition) is 2. The molecule has 2 heterocycles. The van der Waals surface area contributed by atoms with Gasteiger partial charge in [-0.15, -0.1) is 11.3 Å². The van der Waals surface area contributed by atoms with Gasteiger partial charge in [-0.2, -0.15) is 0 Å². The van der Waals surface area contributed by atoms with E-state index in [-0.39, 0.29) is 29.3 Å². The maximum absolute atomic E-state index is 12.1. The summed E-state index contributed by atoms with van der Waals surface area (Å²) in [6, 6.07) is 1.34. The number of thiophene rings is 1. The number of carbonyl (C=O) groups is 3. The minimum absolute atomic E-state index is 0.0493. The monoisotopic (exact) mass is 352 g/mol. The first kappa shape index (κ1) is 17.7. The van der Waals surface area contributed by atoms with E-state index in [9.17, 15) is 19.2 Å². The zero-order valence-electron chi connectivity index (χ0n) is 13.3. The predicted molar refractivity (Wildman–Crippen MR) is 88.4 cm³/mol. The van der Waals surface area contributed by atoms with Gasteiger partial charge in [0, 0.05) is 11.5 Å². The molecule has 0 aliphatic carbocycles. The molecule has 0 bridgehead atoms. The number of hydrogen-bond acceptors (Lipinski definition) is 7. The first-order chi connectivity index (χ1) is 11.4. The van der Waals surface area contributed by atoms with Crippen molar-refractivity contribution < 1.29 is 23.9 Å². The number of aryl methyl sites for hydroxylation is 1. The number of ether oxygens (including phenoxy) is 2. The van der Waals surface area contributed by atoms with Crippen LogP contribution in [0.2, 0.25) is 0 Å². The van der Waals surface area contributed by atoms with Crippen LogP contribution in [0, 0.1) is 6.92 Å². The number of rotatable bonds is 4. The van der Waals surface area contributed by atoms with Crippen LogP contribution in [0.4, 0.5) is 5.69 Å². The number of anilines is 1. The molecule has 0 unspecified atom stereocenters. The number of esters is 2. The fraction of sp³-hybridized carbons (Fsp3) is 0.333. The van der Waals surface area contributed by atoms with Crippen molar-refractivity contribution in [3.8, 4) is 0 Å². The number of carbonyl (C=O) groups excluding carboxylic acids is 3. The van der Waals surface area contributed by atoms with Gasteiger partial charge in [0.05, 0.1) is 18.9 Å². The van der Waals surface area contributed by atoms with Crippen molar-refractivity contribution in [2.24, 2.45) is 0 Å². The second kappa shape index (κ2) is 7.26. The highest BCUT2D eigenvalue weighted by Crippen LogP contribution is 2.36. The molecule has 24 heavy (non-hydrogen) atoms. The lowest BCUT2D eigenvalue weighted by atomic mass is 10.1. The molecule has 128 valence electrons.